The molecule has 1 aliphatic rings. The zero-order chi connectivity index (χ0) is 11.4. The van der Waals surface area contributed by atoms with E-state index < -0.39 is 0 Å². The average Bonchev–Trinajstić information content (AvgIpc) is 2.84. The van der Waals surface area contributed by atoms with Crippen molar-refractivity contribution in [2.45, 2.75) is 45.2 Å². The van der Waals surface area contributed by atoms with Crippen molar-refractivity contribution in [1.29, 1.82) is 0 Å². The van der Waals surface area contributed by atoms with Gasteiger partial charge in [-0.25, -0.2) is 0 Å². The fourth-order valence-corrected chi connectivity index (χ4v) is 2.70. The second-order valence-corrected chi connectivity index (χ2v) is 4.43. The Morgan fingerprint density at radius 3 is 2.81 bits per heavy atom. The van der Waals surface area contributed by atoms with E-state index in [4.69, 9.17) is 5.73 Å². The SMILES string of the molecule is CCN(c1ccncc1CN)C1CCCC1. The topological polar surface area (TPSA) is 42.2 Å². The van der Waals surface area contributed by atoms with E-state index in [2.05, 4.69) is 22.9 Å². The molecule has 0 bridgehead atoms. The summed E-state index contributed by atoms with van der Waals surface area (Å²) in [5, 5.41) is 0. The van der Waals surface area contributed by atoms with Crippen molar-refractivity contribution in [2.24, 2.45) is 5.73 Å². The molecular weight excluding hydrogens is 198 g/mol. The van der Waals surface area contributed by atoms with E-state index in [1.165, 1.54) is 31.4 Å². The summed E-state index contributed by atoms with van der Waals surface area (Å²) in [6, 6.07) is 2.81. The Kier molecular flexibility index (Phi) is 3.78. The Morgan fingerprint density at radius 1 is 1.44 bits per heavy atom. The van der Waals surface area contributed by atoms with Crippen LogP contribution in [0.2, 0.25) is 0 Å². The Labute approximate surface area is 97.7 Å². The molecule has 0 unspecified atom stereocenters. The van der Waals surface area contributed by atoms with Gasteiger partial charge in [-0.2, -0.15) is 0 Å². The Balaban J connectivity index is 2.24. The van der Waals surface area contributed by atoms with Crippen LogP contribution in [0.15, 0.2) is 18.5 Å². The summed E-state index contributed by atoms with van der Waals surface area (Å²) in [4.78, 5) is 6.65. The van der Waals surface area contributed by atoms with Gasteiger partial charge in [0, 0.05) is 42.8 Å². The average molecular weight is 219 g/mol. The standard InChI is InChI=1S/C13H21N3/c1-2-16(12-5-3-4-6-12)13-7-8-15-10-11(13)9-14/h7-8,10,12H,2-6,9,14H2,1H3. The first-order valence-electron chi connectivity index (χ1n) is 6.26. The quantitative estimate of drug-likeness (QED) is 0.845. The monoisotopic (exact) mass is 219 g/mol. The van der Waals surface area contributed by atoms with Crippen LogP contribution in [0.3, 0.4) is 0 Å². The number of rotatable bonds is 4. The fraction of sp³-hybridized carbons (Fsp3) is 0.615. The van der Waals surface area contributed by atoms with Gasteiger partial charge in [-0.1, -0.05) is 12.8 Å². The van der Waals surface area contributed by atoms with Gasteiger partial charge in [0.05, 0.1) is 0 Å². The van der Waals surface area contributed by atoms with Crippen LogP contribution >= 0.6 is 0 Å². The molecule has 0 aromatic carbocycles. The Bertz CT molecular complexity index is 332. The minimum Gasteiger partial charge on any atom is -0.368 e. The normalized spacial score (nSPS) is 16.6. The molecule has 1 fully saturated rings. The van der Waals surface area contributed by atoms with Crippen LogP contribution in [0.5, 0.6) is 0 Å². The van der Waals surface area contributed by atoms with Crippen molar-refractivity contribution in [3.63, 3.8) is 0 Å². The third-order valence-electron chi connectivity index (χ3n) is 3.51. The molecule has 3 nitrogen and oxygen atoms in total. The molecule has 2 rings (SSSR count). The summed E-state index contributed by atoms with van der Waals surface area (Å²) in [5.41, 5.74) is 8.22. The van der Waals surface area contributed by atoms with Crippen LogP contribution in [-0.2, 0) is 6.54 Å². The lowest BCUT2D eigenvalue weighted by molar-refractivity contribution is 0.617. The highest BCUT2D eigenvalue weighted by molar-refractivity contribution is 5.53. The first kappa shape index (κ1) is 11.4. The van der Waals surface area contributed by atoms with E-state index in [1.807, 2.05) is 12.4 Å². The maximum absolute atomic E-state index is 5.78. The molecule has 0 radical (unpaired) electrons. The van der Waals surface area contributed by atoms with Crippen LogP contribution in [-0.4, -0.2) is 17.6 Å². The largest absolute Gasteiger partial charge is 0.368 e. The highest BCUT2D eigenvalue weighted by atomic mass is 15.2. The van der Waals surface area contributed by atoms with E-state index in [0.717, 1.165) is 12.1 Å². The summed E-state index contributed by atoms with van der Waals surface area (Å²) in [7, 11) is 0. The lowest BCUT2D eigenvalue weighted by atomic mass is 10.1. The predicted molar refractivity (Wildman–Crippen MR) is 67.4 cm³/mol. The van der Waals surface area contributed by atoms with Gasteiger partial charge < -0.3 is 10.6 Å². The molecule has 16 heavy (non-hydrogen) atoms. The van der Waals surface area contributed by atoms with Gasteiger partial charge in [0.25, 0.3) is 0 Å². The van der Waals surface area contributed by atoms with Gasteiger partial charge in [0.2, 0.25) is 0 Å². The van der Waals surface area contributed by atoms with Crippen molar-refractivity contribution in [2.75, 3.05) is 11.4 Å². The number of aromatic nitrogens is 1. The lowest BCUT2D eigenvalue weighted by Crippen LogP contribution is -2.34. The highest BCUT2D eigenvalue weighted by Gasteiger charge is 2.22. The smallest absolute Gasteiger partial charge is 0.0445 e. The first-order chi connectivity index (χ1) is 7.86. The van der Waals surface area contributed by atoms with Crippen molar-refractivity contribution in [3.05, 3.63) is 24.0 Å². The molecule has 0 atom stereocenters. The third kappa shape index (κ3) is 2.19. The number of hydrogen-bond acceptors (Lipinski definition) is 3. The molecule has 1 aromatic heterocycles. The predicted octanol–water partition coefficient (Wildman–Crippen LogP) is 2.31. The minimum atomic E-state index is 0.576. The summed E-state index contributed by atoms with van der Waals surface area (Å²) >= 11 is 0. The number of nitrogens with two attached hydrogens (primary N) is 1. The van der Waals surface area contributed by atoms with Crippen LogP contribution in [0.25, 0.3) is 0 Å². The molecule has 0 amide bonds. The van der Waals surface area contributed by atoms with E-state index in [1.54, 1.807) is 0 Å². The van der Waals surface area contributed by atoms with Crippen molar-refractivity contribution < 1.29 is 0 Å². The van der Waals surface area contributed by atoms with Gasteiger partial charge in [-0.3, -0.25) is 4.98 Å². The van der Waals surface area contributed by atoms with Crippen LogP contribution in [0.1, 0.15) is 38.2 Å². The van der Waals surface area contributed by atoms with Crippen molar-refractivity contribution in [1.82, 2.24) is 4.98 Å². The van der Waals surface area contributed by atoms with Crippen LogP contribution in [0.4, 0.5) is 5.69 Å². The summed E-state index contributed by atoms with van der Waals surface area (Å²) in [5.74, 6) is 0. The van der Waals surface area contributed by atoms with E-state index in [-0.39, 0.29) is 0 Å². The number of pyridine rings is 1. The highest BCUT2D eigenvalue weighted by Crippen LogP contribution is 2.29. The first-order valence-corrected chi connectivity index (χ1v) is 6.26. The second-order valence-electron chi connectivity index (χ2n) is 4.43. The second kappa shape index (κ2) is 5.30. The maximum Gasteiger partial charge on any atom is 0.0445 e. The number of nitrogens with zero attached hydrogens (tertiary/aromatic N) is 2. The van der Waals surface area contributed by atoms with Gasteiger partial charge in [0.15, 0.2) is 0 Å². The number of anilines is 1. The van der Waals surface area contributed by atoms with Crippen LogP contribution < -0.4 is 10.6 Å². The van der Waals surface area contributed by atoms with Crippen molar-refractivity contribution in [3.8, 4) is 0 Å². The summed E-state index contributed by atoms with van der Waals surface area (Å²) in [6.45, 7) is 3.85. The molecule has 2 N–H and O–H groups in total. The fourth-order valence-electron chi connectivity index (χ4n) is 2.70. The molecular formula is C13H21N3. The third-order valence-corrected chi connectivity index (χ3v) is 3.51. The van der Waals surface area contributed by atoms with Crippen LogP contribution in [0, 0.1) is 0 Å². The van der Waals surface area contributed by atoms with Gasteiger partial charge in [-0.15, -0.1) is 0 Å². The zero-order valence-electron chi connectivity index (χ0n) is 10.0. The van der Waals surface area contributed by atoms with E-state index in [9.17, 15) is 0 Å². The molecule has 0 spiro atoms. The zero-order valence-corrected chi connectivity index (χ0v) is 10.0. The molecule has 0 saturated heterocycles. The van der Waals surface area contributed by atoms with Crippen molar-refractivity contribution >= 4 is 5.69 Å². The van der Waals surface area contributed by atoms with Gasteiger partial charge >= 0.3 is 0 Å². The summed E-state index contributed by atoms with van der Waals surface area (Å²) < 4.78 is 0. The molecule has 1 aromatic rings. The van der Waals surface area contributed by atoms with Gasteiger partial charge in [0.1, 0.15) is 0 Å². The van der Waals surface area contributed by atoms with E-state index >= 15 is 0 Å². The molecule has 0 aliphatic heterocycles. The molecule has 1 heterocycles. The number of hydrogen-bond donors (Lipinski definition) is 1. The minimum absolute atomic E-state index is 0.576. The van der Waals surface area contributed by atoms with E-state index in [0.29, 0.717) is 12.6 Å². The van der Waals surface area contributed by atoms with Gasteiger partial charge in [-0.05, 0) is 25.8 Å². The molecule has 1 aliphatic carbocycles. The Hall–Kier alpha value is -1.09. The lowest BCUT2D eigenvalue weighted by Gasteiger charge is -2.31. The summed E-state index contributed by atoms with van der Waals surface area (Å²) in [6.07, 6.45) is 9.13. The molecule has 88 valence electrons. The Morgan fingerprint density at radius 2 is 2.19 bits per heavy atom. The maximum atomic E-state index is 5.78. The molecule has 3 heteroatoms. The molecule has 1 saturated carbocycles.